The number of carbonyl (C=O) groups is 1. The first-order valence-electron chi connectivity index (χ1n) is 6.92. The van der Waals surface area contributed by atoms with Gasteiger partial charge < -0.3 is 20.8 Å². The Hall–Kier alpha value is -1.75. The molecule has 1 atom stereocenters. The van der Waals surface area contributed by atoms with Crippen LogP contribution in [0.15, 0.2) is 18.2 Å². The maximum Gasteiger partial charge on any atom is 0.221 e. The first kappa shape index (κ1) is 16.3. The number of phenolic OH excluding ortho intramolecular Hbond substituents is 2. The number of carbonyl (C=O) groups excluding carboxylic acids is 1. The third kappa shape index (κ3) is 5.48. The predicted octanol–water partition coefficient (Wildman–Crippen LogP) is 1.91. The number of amides is 1. The van der Waals surface area contributed by atoms with Gasteiger partial charge in [0.15, 0.2) is 0 Å². The molecule has 1 amide bonds. The molecular weight excluding hydrogens is 256 g/mol. The van der Waals surface area contributed by atoms with Gasteiger partial charge >= 0.3 is 0 Å². The summed E-state index contributed by atoms with van der Waals surface area (Å²) in [6, 6.07) is 4.42. The molecule has 0 aromatic heterocycles. The van der Waals surface area contributed by atoms with Gasteiger partial charge in [0.2, 0.25) is 5.91 Å². The highest BCUT2D eigenvalue weighted by Crippen LogP contribution is 2.27. The van der Waals surface area contributed by atoms with Gasteiger partial charge in [-0.25, -0.2) is 0 Å². The highest BCUT2D eigenvalue weighted by Gasteiger charge is 2.11. The second kappa shape index (κ2) is 7.75. The molecule has 0 bridgehead atoms. The molecule has 0 aliphatic rings. The Balaban J connectivity index is 2.36. The summed E-state index contributed by atoms with van der Waals surface area (Å²) < 4.78 is 0. The summed E-state index contributed by atoms with van der Waals surface area (Å²) in [6.45, 7) is 7.22. The highest BCUT2D eigenvalue weighted by molar-refractivity contribution is 5.76. The summed E-state index contributed by atoms with van der Waals surface area (Å²) in [4.78, 5) is 11.5. The van der Waals surface area contributed by atoms with Crippen LogP contribution in [-0.4, -0.2) is 29.2 Å². The zero-order chi connectivity index (χ0) is 15.1. The van der Waals surface area contributed by atoms with E-state index >= 15 is 0 Å². The fourth-order valence-electron chi connectivity index (χ4n) is 1.82. The lowest BCUT2D eigenvalue weighted by atomic mass is 10.1. The fourth-order valence-corrected chi connectivity index (χ4v) is 1.82. The van der Waals surface area contributed by atoms with Crippen molar-refractivity contribution >= 4 is 5.91 Å². The largest absolute Gasteiger partial charge is 0.508 e. The zero-order valence-electron chi connectivity index (χ0n) is 12.3. The monoisotopic (exact) mass is 280 g/mol. The molecule has 0 saturated heterocycles. The molecule has 4 N–H and O–H groups in total. The van der Waals surface area contributed by atoms with Crippen LogP contribution in [0.5, 0.6) is 11.5 Å². The van der Waals surface area contributed by atoms with Crippen molar-refractivity contribution < 1.29 is 15.0 Å². The van der Waals surface area contributed by atoms with Crippen LogP contribution >= 0.6 is 0 Å². The van der Waals surface area contributed by atoms with Crippen LogP contribution in [-0.2, 0) is 4.79 Å². The summed E-state index contributed by atoms with van der Waals surface area (Å²) >= 11 is 0. The van der Waals surface area contributed by atoms with Gasteiger partial charge in [-0.15, -0.1) is 0 Å². The van der Waals surface area contributed by atoms with E-state index in [1.807, 2.05) is 20.8 Å². The van der Waals surface area contributed by atoms with Crippen LogP contribution in [0.3, 0.4) is 0 Å². The zero-order valence-corrected chi connectivity index (χ0v) is 12.3. The lowest BCUT2D eigenvalue weighted by molar-refractivity contribution is -0.121. The molecule has 5 nitrogen and oxygen atoms in total. The minimum Gasteiger partial charge on any atom is -0.508 e. The summed E-state index contributed by atoms with van der Waals surface area (Å²) in [5.74, 6) is 0.550. The molecule has 0 aliphatic carbocycles. The molecule has 5 heteroatoms. The lowest BCUT2D eigenvalue weighted by Crippen LogP contribution is -2.31. The normalized spacial score (nSPS) is 12.4. The standard InChI is InChI=1S/C15H24N2O3/c1-10(2)9-17-15(20)6-7-16-11(3)13-5-4-12(18)8-14(13)19/h4-5,8,10-11,16,18-19H,6-7,9H2,1-3H3,(H,17,20). The van der Waals surface area contributed by atoms with Crippen molar-refractivity contribution in [1.29, 1.82) is 0 Å². The van der Waals surface area contributed by atoms with E-state index in [0.717, 1.165) is 0 Å². The molecule has 1 aromatic carbocycles. The van der Waals surface area contributed by atoms with Crippen LogP contribution in [0, 0.1) is 5.92 Å². The summed E-state index contributed by atoms with van der Waals surface area (Å²) in [6.07, 6.45) is 0.399. The third-order valence-electron chi connectivity index (χ3n) is 2.99. The maximum atomic E-state index is 11.5. The van der Waals surface area contributed by atoms with Gasteiger partial charge in [0.25, 0.3) is 0 Å². The van der Waals surface area contributed by atoms with Crippen LogP contribution in [0.25, 0.3) is 0 Å². The molecule has 0 fully saturated rings. The van der Waals surface area contributed by atoms with Gasteiger partial charge in [-0.2, -0.15) is 0 Å². The fraction of sp³-hybridized carbons (Fsp3) is 0.533. The van der Waals surface area contributed by atoms with E-state index in [4.69, 9.17) is 0 Å². The van der Waals surface area contributed by atoms with Gasteiger partial charge in [0.1, 0.15) is 11.5 Å². The van der Waals surface area contributed by atoms with Crippen LogP contribution in [0.1, 0.15) is 38.8 Å². The number of nitrogens with one attached hydrogen (secondary N) is 2. The Labute approximate surface area is 120 Å². The van der Waals surface area contributed by atoms with Crippen LogP contribution < -0.4 is 10.6 Å². The molecule has 0 heterocycles. The molecule has 1 unspecified atom stereocenters. The Bertz CT molecular complexity index is 447. The maximum absolute atomic E-state index is 11.5. The molecule has 0 aliphatic heterocycles. The van der Waals surface area contributed by atoms with E-state index in [9.17, 15) is 15.0 Å². The first-order valence-corrected chi connectivity index (χ1v) is 6.92. The second-order valence-corrected chi connectivity index (χ2v) is 5.37. The quantitative estimate of drug-likeness (QED) is 0.615. The number of hydrogen-bond donors (Lipinski definition) is 4. The van der Waals surface area contributed by atoms with E-state index in [1.54, 1.807) is 6.07 Å². The number of aromatic hydroxyl groups is 2. The number of phenols is 2. The first-order chi connectivity index (χ1) is 9.40. The number of rotatable bonds is 7. The SMILES string of the molecule is CC(C)CNC(=O)CCNC(C)c1ccc(O)cc1O. The van der Waals surface area contributed by atoms with Crippen molar-refractivity contribution in [2.24, 2.45) is 5.92 Å². The Morgan fingerprint density at radius 2 is 1.95 bits per heavy atom. The molecule has 0 saturated carbocycles. The molecule has 1 rings (SSSR count). The van der Waals surface area contributed by atoms with E-state index in [2.05, 4.69) is 10.6 Å². The molecule has 112 valence electrons. The summed E-state index contributed by atoms with van der Waals surface area (Å²) in [5.41, 5.74) is 0.699. The van der Waals surface area contributed by atoms with Crippen molar-refractivity contribution in [2.75, 3.05) is 13.1 Å². The van der Waals surface area contributed by atoms with Crippen LogP contribution in [0.4, 0.5) is 0 Å². The minimum absolute atomic E-state index is 0.0216. The third-order valence-corrected chi connectivity index (χ3v) is 2.99. The Morgan fingerprint density at radius 3 is 2.55 bits per heavy atom. The summed E-state index contributed by atoms with van der Waals surface area (Å²) in [5, 5.41) is 25.0. The average Bonchev–Trinajstić information content (AvgIpc) is 2.36. The number of hydrogen-bond acceptors (Lipinski definition) is 4. The van der Waals surface area contributed by atoms with Crippen molar-refractivity contribution in [1.82, 2.24) is 10.6 Å². The predicted molar refractivity (Wildman–Crippen MR) is 78.7 cm³/mol. The van der Waals surface area contributed by atoms with Crippen molar-refractivity contribution in [3.8, 4) is 11.5 Å². The average molecular weight is 280 g/mol. The topological polar surface area (TPSA) is 81.6 Å². The van der Waals surface area contributed by atoms with E-state index in [-0.39, 0.29) is 23.4 Å². The van der Waals surface area contributed by atoms with E-state index in [0.29, 0.717) is 31.0 Å². The van der Waals surface area contributed by atoms with Gasteiger partial charge in [-0.3, -0.25) is 4.79 Å². The molecule has 0 spiro atoms. The van der Waals surface area contributed by atoms with Crippen molar-refractivity contribution in [3.05, 3.63) is 23.8 Å². The lowest BCUT2D eigenvalue weighted by Gasteiger charge is -2.16. The molecular formula is C15H24N2O3. The van der Waals surface area contributed by atoms with E-state index in [1.165, 1.54) is 12.1 Å². The van der Waals surface area contributed by atoms with E-state index < -0.39 is 0 Å². The second-order valence-electron chi connectivity index (χ2n) is 5.37. The van der Waals surface area contributed by atoms with Gasteiger partial charge in [-0.05, 0) is 18.9 Å². The molecule has 1 aromatic rings. The van der Waals surface area contributed by atoms with Crippen molar-refractivity contribution in [3.63, 3.8) is 0 Å². The minimum atomic E-state index is -0.0894. The Kier molecular flexibility index (Phi) is 6.31. The van der Waals surface area contributed by atoms with Crippen LogP contribution in [0.2, 0.25) is 0 Å². The molecule has 0 radical (unpaired) electrons. The molecule has 20 heavy (non-hydrogen) atoms. The van der Waals surface area contributed by atoms with Crippen molar-refractivity contribution in [2.45, 2.75) is 33.2 Å². The van der Waals surface area contributed by atoms with Gasteiger partial charge in [-0.1, -0.05) is 19.9 Å². The smallest absolute Gasteiger partial charge is 0.221 e. The highest BCUT2D eigenvalue weighted by atomic mass is 16.3. The summed E-state index contributed by atoms with van der Waals surface area (Å²) in [7, 11) is 0. The Morgan fingerprint density at radius 1 is 1.25 bits per heavy atom. The van der Waals surface area contributed by atoms with Gasteiger partial charge in [0, 0.05) is 37.2 Å². The number of benzene rings is 1. The van der Waals surface area contributed by atoms with Gasteiger partial charge in [0.05, 0.1) is 0 Å².